The third-order valence-corrected chi connectivity index (χ3v) is 3.38. The summed E-state index contributed by atoms with van der Waals surface area (Å²) in [4.78, 5) is 28.4. The van der Waals surface area contributed by atoms with Crippen LogP contribution in [0.1, 0.15) is 24.0 Å². The molecule has 1 aliphatic heterocycles. The fraction of sp³-hybridized carbons (Fsp3) is 0.462. The minimum Gasteiger partial charge on any atom is -0.480 e. The van der Waals surface area contributed by atoms with E-state index >= 15 is 0 Å². The lowest BCUT2D eigenvalue weighted by atomic mass is 10.1. The van der Waals surface area contributed by atoms with Crippen LogP contribution in [-0.4, -0.2) is 39.6 Å². The highest BCUT2D eigenvalue weighted by Gasteiger charge is 2.33. The lowest BCUT2D eigenvalue weighted by molar-refractivity contribution is -0.141. The Labute approximate surface area is 111 Å². The lowest BCUT2D eigenvalue weighted by Crippen LogP contribution is -2.45. The summed E-state index contributed by atoms with van der Waals surface area (Å²) in [6.07, 6.45) is 4.65. The van der Waals surface area contributed by atoms with Gasteiger partial charge < -0.3 is 15.3 Å². The number of aromatic nitrogens is 1. The quantitative estimate of drug-likeness (QED) is 0.857. The van der Waals surface area contributed by atoms with Crippen molar-refractivity contribution in [3.05, 3.63) is 29.6 Å². The number of urea groups is 1. The van der Waals surface area contributed by atoms with Gasteiger partial charge in [0.2, 0.25) is 0 Å². The molecule has 2 amide bonds. The average Bonchev–Trinajstić information content (AvgIpc) is 2.87. The van der Waals surface area contributed by atoms with E-state index in [0.29, 0.717) is 19.5 Å². The molecule has 6 nitrogen and oxygen atoms in total. The molecule has 102 valence electrons. The number of likely N-dealkylation sites (tertiary alicyclic amines) is 1. The molecule has 1 saturated heterocycles. The van der Waals surface area contributed by atoms with Crippen molar-refractivity contribution in [2.45, 2.75) is 32.4 Å². The van der Waals surface area contributed by atoms with Crippen molar-refractivity contribution in [2.75, 3.05) is 6.54 Å². The van der Waals surface area contributed by atoms with E-state index < -0.39 is 12.0 Å². The molecule has 2 rings (SSSR count). The van der Waals surface area contributed by atoms with E-state index in [1.807, 2.05) is 13.0 Å². The molecular weight excluding hydrogens is 246 g/mol. The van der Waals surface area contributed by atoms with Gasteiger partial charge in [0.1, 0.15) is 6.04 Å². The van der Waals surface area contributed by atoms with Crippen LogP contribution in [0.4, 0.5) is 4.79 Å². The first-order valence-corrected chi connectivity index (χ1v) is 6.26. The number of carbonyl (C=O) groups is 2. The Morgan fingerprint density at radius 2 is 2.37 bits per heavy atom. The second-order valence-corrected chi connectivity index (χ2v) is 4.65. The summed E-state index contributed by atoms with van der Waals surface area (Å²) >= 11 is 0. The third-order valence-electron chi connectivity index (χ3n) is 3.38. The summed E-state index contributed by atoms with van der Waals surface area (Å²) < 4.78 is 0. The number of pyridine rings is 1. The Morgan fingerprint density at radius 1 is 1.58 bits per heavy atom. The number of carboxylic acid groups (broad SMARTS) is 1. The molecule has 1 aliphatic rings. The van der Waals surface area contributed by atoms with Crippen LogP contribution in [0.15, 0.2) is 18.5 Å². The number of aryl methyl sites for hydroxylation is 1. The van der Waals surface area contributed by atoms with Crippen molar-refractivity contribution in [1.82, 2.24) is 15.2 Å². The molecule has 19 heavy (non-hydrogen) atoms. The molecule has 0 aliphatic carbocycles. The number of amides is 2. The summed E-state index contributed by atoms with van der Waals surface area (Å²) in [5.74, 6) is -0.940. The van der Waals surface area contributed by atoms with Gasteiger partial charge in [-0.3, -0.25) is 4.98 Å². The Kier molecular flexibility index (Phi) is 3.99. The largest absolute Gasteiger partial charge is 0.480 e. The Morgan fingerprint density at radius 3 is 3.05 bits per heavy atom. The van der Waals surface area contributed by atoms with Crippen LogP contribution in [0.25, 0.3) is 0 Å². The van der Waals surface area contributed by atoms with Crippen LogP contribution in [0.5, 0.6) is 0 Å². The molecule has 0 radical (unpaired) electrons. The topological polar surface area (TPSA) is 82.5 Å². The van der Waals surface area contributed by atoms with Gasteiger partial charge in [-0.05, 0) is 37.0 Å². The second kappa shape index (κ2) is 5.69. The van der Waals surface area contributed by atoms with Crippen LogP contribution in [-0.2, 0) is 11.3 Å². The minimum absolute atomic E-state index is 0.326. The van der Waals surface area contributed by atoms with Gasteiger partial charge >= 0.3 is 12.0 Å². The molecule has 0 unspecified atom stereocenters. The number of hydrogen-bond donors (Lipinski definition) is 2. The summed E-state index contributed by atoms with van der Waals surface area (Å²) in [6, 6.07) is 0.848. The van der Waals surface area contributed by atoms with Gasteiger partial charge in [-0.1, -0.05) is 0 Å². The van der Waals surface area contributed by atoms with E-state index in [0.717, 1.165) is 17.5 Å². The second-order valence-electron chi connectivity index (χ2n) is 4.65. The highest BCUT2D eigenvalue weighted by molar-refractivity contribution is 5.83. The summed E-state index contributed by atoms with van der Waals surface area (Å²) in [5.41, 5.74) is 1.98. The van der Waals surface area contributed by atoms with Gasteiger partial charge in [0, 0.05) is 25.5 Å². The zero-order valence-electron chi connectivity index (χ0n) is 10.8. The number of rotatable bonds is 3. The summed E-state index contributed by atoms with van der Waals surface area (Å²) in [6.45, 7) is 2.80. The van der Waals surface area contributed by atoms with E-state index in [4.69, 9.17) is 5.11 Å². The van der Waals surface area contributed by atoms with Gasteiger partial charge in [0.25, 0.3) is 0 Å². The monoisotopic (exact) mass is 263 g/mol. The van der Waals surface area contributed by atoms with Crippen LogP contribution in [0.3, 0.4) is 0 Å². The minimum atomic E-state index is -0.940. The van der Waals surface area contributed by atoms with Crippen molar-refractivity contribution in [1.29, 1.82) is 0 Å². The number of nitrogens with one attached hydrogen (secondary N) is 1. The van der Waals surface area contributed by atoms with Crippen molar-refractivity contribution in [3.8, 4) is 0 Å². The van der Waals surface area contributed by atoms with Gasteiger partial charge in [-0.2, -0.15) is 0 Å². The van der Waals surface area contributed by atoms with Crippen LogP contribution >= 0.6 is 0 Å². The number of aliphatic carboxylic acids is 1. The summed E-state index contributed by atoms with van der Waals surface area (Å²) in [5, 5.41) is 11.8. The number of nitrogens with zero attached hydrogens (tertiary/aromatic N) is 2. The number of hydrogen-bond acceptors (Lipinski definition) is 3. The maximum absolute atomic E-state index is 12.0. The van der Waals surface area contributed by atoms with Crippen LogP contribution < -0.4 is 5.32 Å². The first-order chi connectivity index (χ1) is 9.09. The van der Waals surface area contributed by atoms with Crippen molar-refractivity contribution in [2.24, 2.45) is 0 Å². The van der Waals surface area contributed by atoms with Crippen LogP contribution in [0.2, 0.25) is 0 Å². The first kappa shape index (κ1) is 13.3. The fourth-order valence-electron chi connectivity index (χ4n) is 2.22. The van der Waals surface area contributed by atoms with Gasteiger partial charge in [-0.15, -0.1) is 0 Å². The van der Waals surface area contributed by atoms with Gasteiger partial charge in [0.05, 0.1) is 0 Å². The molecule has 0 spiro atoms. The molecular formula is C13H17N3O3. The molecule has 1 fully saturated rings. The van der Waals surface area contributed by atoms with E-state index in [1.54, 1.807) is 12.4 Å². The van der Waals surface area contributed by atoms with Crippen molar-refractivity contribution in [3.63, 3.8) is 0 Å². The van der Waals surface area contributed by atoms with E-state index in [1.165, 1.54) is 4.90 Å². The SMILES string of the molecule is Cc1ccncc1CNC(=O)N1CCC[C@H]1C(=O)O. The van der Waals surface area contributed by atoms with Crippen LogP contribution in [0, 0.1) is 6.92 Å². The standard InChI is InChI=1S/C13H17N3O3/c1-9-4-5-14-7-10(9)8-15-13(19)16-6-2-3-11(16)12(17)18/h4-5,7,11H,2-3,6,8H2,1H3,(H,15,19)(H,17,18)/t11-/m0/s1. The van der Waals surface area contributed by atoms with Gasteiger partial charge in [0.15, 0.2) is 0 Å². The Hall–Kier alpha value is -2.11. The molecule has 1 atom stereocenters. The molecule has 2 heterocycles. The third kappa shape index (κ3) is 3.01. The molecule has 1 aromatic heterocycles. The normalized spacial score (nSPS) is 18.4. The Balaban J connectivity index is 1.95. The zero-order chi connectivity index (χ0) is 13.8. The predicted molar refractivity (Wildman–Crippen MR) is 68.6 cm³/mol. The van der Waals surface area contributed by atoms with E-state index in [9.17, 15) is 9.59 Å². The lowest BCUT2D eigenvalue weighted by Gasteiger charge is -2.22. The van der Waals surface area contributed by atoms with E-state index in [2.05, 4.69) is 10.3 Å². The smallest absolute Gasteiger partial charge is 0.326 e. The highest BCUT2D eigenvalue weighted by atomic mass is 16.4. The zero-order valence-corrected chi connectivity index (χ0v) is 10.8. The fourth-order valence-corrected chi connectivity index (χ4v) is 2.22. The Bertz CT molecular complexity index is 490. The number of carboxylic acids is 1. The highest BCUT2D eigenvalue weighted by Crippen LogP contribution is 2.17. The molecule has 0 aromatic carbocycles. The number of carbonyl (C=O) groups excluding carboxylic acids is 1. The molecule has 0 bridgehead atoms. The van der Waals surface area contributed by atoms with E-state index in [-0.39, 0.29) is 6.03 Å². The molecule has 2 N–H and O–H groups in total. The molecule has 0 saturated carbocycles. The first-order valence-electron chi connectivity index (χ1n) is 6.26. The van der Waals surface area contributed by atoms with Crippen molar-refractivity contribution < 1.29 is 14.7 Å². The molecule has 6 heteroatoms. The van der Waals surface area contributed by atoms with Crippen molar-refractivity contribution >= 4 is 12.0 Å². The van der Waals surface area contributed by atoms with Gasteiger partial charge in [-0.25, -0.2) is 9.59 Å². The average molecular weight is 263 g/mol. The maximum atomic E-state index is 12.0. The molecule has 1 aromatic rings. The maximum Gasteiger partial charge on any atom is 0.326 e. The predicted octanol–water partition coefficient (Wildman–Crippen LogP) is 1.15. The summed E-state index contributed by atoms with van der Waals surface area (Å²) in [7, 11) is 0.